The van der Waals surface area contributed by atoms with Crippen molar-refractivity contribution >= 4 is 40.8 Å². The summed E-state index contributed by atoms with van der Waals surface area (Å²) in [6.07, 6.45) is 2.78. The summed E-state index contributed by atoms with van der Waals surface area (Å²) in [5.74, 6) is -1.78. The molecule has 8 heteroatoms. The molecule has 0 aliphatic carbocycles. The van der Waals surface area contributed by atoms with Gasteiger partial charge in [0.15, 0.2) is 6.10 Å². The van der Waals surface area contributed by atoms with Crippen LogP contribution in [0.2, 0.25) is 5.02 Å². The van der Waals surface area contributed by atoms with Crippen molar-refractivity contribution in [3.63, 3.8) is 0 Å². The molecular weight excluding hydrogens is 324 g/mol. The smallest absolute Gasteiger partial charge is 0.303 e. The lowest BCUT2D eigenvalue weighted by atomic mass is 10.2. The van der Waals surface area contributed by atoms with Gasteiger partial charge in [-0.3, -0.25) is 14.4 Å². The number of rotatable bonds is 6. The lowest BCUT2D eigenvalue weighted by Gasteiger charge is -2.13. The van der Waals surface area contributed by atoms with Crippen LogP contribution in [0, 0.1) is 0 Å². The molecule has 1 atom stereocenters. The predicted octanol–water partition coefficient (Wildman–Crippen LogP) is 2.38. The van der Waals surface area contributed by atoms with Crippen LogP contribution in [-0.2, 0) is 19.1 Å². The molecule has 0 radical (unpaired) electrons. The maximum Gasteiger partial charge on any atom is 0.303 e. The lowest BCUT2D eigenvalue weighted by Crippen LogP contribution is -2.27. The number of halogens is 1. The highest BCUT2D eigenvalue weighted by atomic mass is 35.5. The molecule has 1 unspecified atom stereocenters. The minimum absolute atomic E-state index is 0.128. The lowest BCUT2D eigenvalue weighted by molar-refractivity contribution is -0.138. The van der Waals surface area contributed by atoms with Crippen molar-refractivity contribution in [2.24, 2.45) is 0 Å². The van der Waals surface area contributed by atoms with E-state index in [1.165, 1.54) is 12.3 Å². The highest BCUT2D eigenvalue weighted by Gasteiger charge is 2.21. The van der Waals surface area contributed by atoms with Crippen LogP contribution < -0.4 is 10.6 Å². The third kappa shape index (κ3) is 5.00. The summed E-state index contributed by atoms with van der Waals surface area (Å²) in [5.41, 5.74) is 0.817. The number of hydrogen-bond donors (Lipinski definition) is 3. The third-order valence-corrected chi connectivity index (χ3v) is 3.37. The second-order valence-electron chi connectivity index (χ2n) is 4.86. The number of anilines is 2. The van der Waals surface area contributed by atoms with Crippen LogP contribution in [0.15, 0.2) is 30.5 Å². The van der Waals surface area contributed by atoms with Gasteiger partial charge in [0.1, 0.15) is 0 Å². The minimum Gasteiger partial charge on any atom is -0.488 e. The van der Waals surface area contributed by atoms with Crippen LogP contribution >= 0.6 is 11.6 Å². The molecule has 1 heterocycles. The maximum absolute atomic E-state index is 11.9. The van der Waals surface area contributed by atoms with Crippen LogP contribution in [0.1, 0.15) is 19.3 Å². The average Bonchev–Trinajstić information content (AvgIpc) is 3.02. The molecule has 0 aromatic heterocycles. The standard InChI is InChI=1S/C15H15ClN2O5/c16-10-8-9(17-13(19)5-6-14(20)21)3-4-11(10)18-15(22)12-2-1-7-23-12/h1,3-4,7-8,12H,2,5-6H2,(H,17,19)(H,18,22)(H,20,21). The van der Waals surface area contributed by atoms with Crippen LogP contribution in [-0.4, -0.2) is 29.0 Å². The van der Waals surface area contributed by atoms with Crippen molar-refractivity contribution in [1.82, 2.24) is 0 Å². The molecule has 7 nitrogen and oxygen atoms in total. The van der Waals surface area contributed by atoms with Crippen LogP contribution in [0.5, 0.6) is 0 Å². The van der Waals surface area contributed by atoms with Gasteiger partial charge in [-0.05, 0) is 24.3 Å². The van der Waals surface area contributed by atoms with Crippen LogP contribution in [0.3, 0.4) is 0 Å². The van der Waals surface area contributed by atoms with E-state index in [0.29, 0.717) is 17.8 Å². The van der Waals surface area contributed by atoms with Gasteiger partial charge in [-0.25, -0.2) is 0 Å². The number of carboxylic acids is 1. The summed E-state index contributed by atoms with van der Waals surface area (Å²) in [7, 11) is 0. The van der Waals surface area contributed by atoms with Crippen molar-refractivity contribution in [2.45, 2.75) is 25.4 Å². The number of carboxylic acid groups (broad SMARTS) is 1. The highest BCUT2D eigenvalue weighted by Crippen LogP contribution is 2.26. The molecule has 1 aliphatic rings. The first kappa shape index (κ1) is 16.8. The Morgan fingerprint density at radius 3 is 2.65 bits per heavy atom. The third-order valence-electron chi connectivity index (χ3n) is 3.06. The van der Waals surface area contributed by atoms with Gasteiger partial charge in [-0.1, -0.05) is 11.6 Å². The van der Waals surface area contributed by atoms with Gasteiger partial charge < -0.3 is 20.5 Å². The zero-order valence-electron chi connectivity index (χ0n) is 12.0. The fraction of sp³-hybridized carbons (Fsp3) is 0.267. The molecule has 122 valence electrons. The van der Waals surface area contributed by atoms with Gasteiger partial charge in [-0.2, -0.15) is 0 Å². The first-order chi connectivity index (χ1) is 11.0. The molecule has 1 aromatic rings. The van der Waals surface area contributed by atoms with Crippen molar-refractivity contribution < 1.29 is 24.2 Å². The Morgan fingerprint density at radius 1 is 1.26 bits per heavy atom. The fourth-order valence-electron chi connectivity index (χ4n) is 1.91. The first-order valence-corrected chi connectivity index (χ1v) is 7.26. The molecule has 23 heavy (non-hydrogen) atoms. The zero-order chi connectivity index (χ0) is 16.8. The van der Waals surface area contributed by atoms with Gasteiger partial charge >= 0.3 is 5.97 Å². The van der Waals surface area contributed by atoms with Gasteiger partial charge in [0.2, 0.25) is 5.91 Å². The Bertz CT molecular complexity index is 651. The van der Waals surface area contributed by atoms with Gasteiger partial charge in [0, 0.05) is 18.5 Å². The van der Waals surface area contributed by atoms with E-state index in [1.807, 2.05) is 0 Å². The van der Waals surface area contributed by atoms with Crippen LogP contribution in [0.4, 0.5) is 11.4 Å². The predicted molar refractivity (Wildman–Crippen MR) is 84.2 cm³/mol. The van der Waals surface area contributed by atoms with E-state index in [9.17, 15) is 14.4 Å². The van der Waals surface area contributed by atoms with E-state index in [-0.39, 0.29) is 23.8 Å². The summed E-state index contributed by atoms with van der Waals surface area (Å²) in [4.78, 5) is 33.9. The Balaban J connectivity index is 1.93. The Kier molecular flexibility index (Phi) is 5.59. The van der Waals surface area contributed by atoms with E-state index in [4.69, 9.17) is 21.4 Å². The fourth-order valence-corrected chi connectivity index (χ4v) is 2.13. The molecule has 1 aromatic carbocycles. The topological polar surface area (TPSA) is 105 Å². The number of ether oxygens (including phenoxy) is 1. The largest absolute Gasteiger partial charge is 0.488 e. The van der Waals surface area contributed by atoms with E-state index < -0.39 is 18.0 Å². The monoisotopic (exact) mass is 338 g/mol. The molecule has 0 saturated carbocycles. The Morgan fingerprint density at radius 2 is 2.04 bits per heavy atom. The van der Waals surface area contributed by atoms with E-state index in [2.05, 4.69) is 10.6 Å². The van der Waals surface area contributed by atoms with Gasteiger partial charge in [-0.15, -0.1) is 0 Å². The summed E-state index contributed by atoms with van der Waals surface area (Å²) in [5, 5.41) is 14.0. The van der Waals surface area contributed by atoms with Gasteiger partial charge in [0.25, 0.3) is 5.91 Å². The quantitative estimate of drug-likeness (QED) is 0.738. The van der Waals surface area contributed by atoms with E-state index in [0.717, 1.165) is 0 Å². The molecule has 2 rings (SSSR count). The molecule has 0 spiro atoms. The van der Waals surface area contributed by atoms with Crippen molar-refractivity contribution in [3.8, 4) is 0 Å². The van der Waals surface area contributed by atoms with Crippen molar-refractivity contribution in [3.05, 3.63) is 35.6 Å². The first-order valence-electron chi connectivity index (χ1n) is 6.88. The summed E-state index contributed by atoms with van der Waals surface area (Å²) < 4.78 is 5.11. The second-order valence-corrected chi connectivity index (χ2v) is 5.27. The van der Waals surface area contributed by atoms with Crippen molar-refractivity contribution in [1.29, 1.82) is 0 Å². The van der Waals surface area contributed by atoms with Crippen molar-refractivity contribution in [2.75, 3.05) is 10.6 Å². The summed E-state index contributed by atoms with van der Waals surface area (Å²) >= 11 is 6.07. The number of benzene rings is 1. The Hall–Kier alpha value is -2.54. The molecule has 0 fully saturated rings. The SMILES string of the molecule is O=C(O)CCC(=O)Nc1ccc(NC(=O)C2CC=CO2)c(Cl)c1. The minimum atomic E-state index is -1.04. The molecule has 0 bridgehead atoms. The Labute approximate surface area is 137 Å². The number of amides is 2. The molecule has 1 aliphatic heterocycles. The number of hydrogen-bond acceptors (Lipinski definition) is 4. The molecule has 0 saturated heterocycles. The average molecular weight is 339 g/mol. The number of carbonyl (C=O) groups is 3. The van der Waals surface area contributed by atoms with Crippen LogP contribution in [0.25, 0.3) is 0 Å². The number of aliphatic carboxylic acids is 1. The highest BCUT2D eigenvalue weighted by molar-refractivity contribution is 6.34. The number of nitrogens with one attached hydrogen (secondary N) is 2. The molecule has 2 amide bonds. The van der Waals surface area contributed by atoms with E-state index >= 15 is 0 Å². The zero-order valence-corrected chi connectivity index (χ0v) is 12.8. The van der Waals surface area contributed by atoms with E-state index in [1.54, 1.807) is 18.2 Å². The second kappa shape index (κ2) is 7.64. The number of carbonyl (C=O) groups excluding carboxylic acids is 2. The normalized spacial score (nSPS) is 15.8. The summed E-state index contributed by atoms with van der Waals surface area (Å²) in [6.45, 7) is 0. The molecular formula is C15H15ClN2O5. The summed E-state index contributed by atoms with van der Waals surface area (Å²) in [6, 6.07) is 4.59. The molecule has 3 N–H and O–H groups in total. The van der Waals surface area contributed by atoms with Gasteiger partial charge in [0.05, 0.1) is 23.4 Å². The maximum atomic E-state index is 11.9.